The molecule has 1 atom stereocenters. The van der Waals surface area contributed by atoms with Gasteiger partial charge in [-0.3, -0.25) is 4.79 Å². The number of carbonyl (C=O) groups excluding carboxylic acids is 1. The van der Waals surface area contributed by atoms with Gasteiger partial charge in [-0.1, -0.05) is 17.7 Å². The quantitative estimate of drug-likeness (QED) is 0.854. The van der Waals surface area contributed by atoms with Crippen molar-refractivity contribution in [2.45, 2.75) is 27.7 Å². The van der Waals surface area contributed by atoms with Crippen LogP contribution in [0.25, 0.3) is 11.8 Å². The summed E-state index contributed by atoms with van der Waals surface area (Å²) in [6, 6.07) is 12.5. The molecule has 124 valence electrons. The van der Waals surface area contributed by atoms with E-state index in [1.54, 1.807) is 6.92 Å². The van der Waals surface area contributed by atoms with Gasteiger partial charge in [0.2, 0.25) is 5.91 Å². The number of aryl methyl sites for hydroxylation is 2. The first kappa shape index (κ1) is 17.6. The molecular formula is C20H23N3O. The van der Waals surface area contributed by atoms with Crippen molar-refractivity contribution < 1.29 is 4.79 Å². The number of nitriles is 1. The van der Waals surface area contributed by atoms with Crippen LogP contribution in [-0.2, 0) is 4.79 Å². The molecule has 4 heteroatoms. The van der Waals surface area contributed by atoms with E-state index in [4.69, 9.17) is 5.26 Å². The molecule has 1 unspecified atom stereocenters. The van der Waals surface area contributed by atoms with Gasteiger partial charge >= 0.3 is 0 Å². The van der Waals surface area contributed by atoms with Crippen LogP contribution in [0, 0.1) is 38.0 Å². The van der Waals surface area contributed by atoms with Crippen molar-refractivity contribution in [2.24, 2.45) is 5.92 Å². The van der Waals surface area contributed by atoms with E-state index in [0.717, 1.165) is 22.6 Å². The Morgan fingerprint density at radius 2 is 1.96 bits per heavy atom. The van der Waals surface area contributed by atoms with Crippen LogP contribution in [0.3, 0.4) is 0 Å². The van der Waals surface area contributed by atoms with Crippen LogP contribution in [0.15, 0.2) is 36.4 Å². The molecule has 4 nitrogen and oxygen atoms in total. The third kappa shape index (κ3) is 4.14. The number of hydrogen-bond acceptors (Lipinski definition) is 2. The molecular weight excluding hydrogens is 298 g/mol. The summed E-state index contributed by atoms with van der Waals surface area (Å²) in [5, 5.41) is 11.5. The van der Waals surface area contributed by atoms with Crippen molar-refractivity contribution in [1.82, 2.24) is 9.88 Å². The SMILES string of the molecule is Cc1ccc(-n2c(C)cc(C=CC(=O)NCC(C)C#N)c2C)cc1. The highest BCUT2D eigenvalue weighted by Crippen LogP contribution is 2.22. The molecule has 2 rings (SSSR count). The molecule has 0 saturated carbocycles. The number of aromatic nitrogens is 1. The third-order valence-electron chi connectivity index (χ3n) is 3.98. The van der Waals surface area contributed by atoms with Gasteiger partial charge in [0.05, 0.1) is 12.0 Å². The molecule has 1 heterocycles. The maximum Gasteiger partial charge on any atom is 0.244 e. The lowest BCUT2D eigenvalue weighted by atomic mass is 10.2. The van der Waals surface area contributed by atoms with Gasteiger partial charge in [0.15, 0.2) is 0 Å². The highest BCUT2D eigenvalue weighted by molar-refractivity contribution is 5.91. The highest BCUT2D eigenvalue weighted by atomic mass is 16.1. The Bertz CT molecular complexity index is 792. The molecule has 1 aromatic heterocycles. The summed E-state index contributed by atoms with van der Waals surface area (Å²) in [6.45, 7) is 8.31. The van der Waals surface area contributed by atoms with Gasteiger partial charge in [-0.05, 0) is 57.5 Å². The monoisotopic (exact) mass is 321 g/mol. The Labute approximate surface area is 143 Å². The lowest BCUT2D eigenvalue weighted by Gasteiger charge is -2.09. The molecule has 1 aromatic carbocycles. The first-order chi connectivity index (χ1) is 11.4. The Morgan fingerprint density at radius 1 is 1.29 bits per heavy atom. The number of nitrogens with one attached hydrogen (secondary N) is 1. The van der Waals surface area contributed by atoms with Crippen LogP contribution in [0.4, 0.5) is 0 Å². The molecule has 0 aliphatic carbocycles. The lowest BCUT2D eigenvalue weighted by molar-refractivity contribution is -0.116. The van der Waals surface area contributed by atoms with Crippen LogP contribution >= 0.6 is 0 Å². The molecule has 0 aliphatic heterocycles. The Morgan fingerprint density at radius 3 is 2.58 bits per heavy atom. The smallest absolute Gasteiger partial charge is 0.244 e. The molecule has 0 saturated heterocycles. The zero-order valence-corrected chi connectivity index (χ0v) is 14.6. The predicted octanol–water partition coefficient (Wildman–Crippen LogP) is 3.69. The Balaban J connectivity index is 2.17. The second-order valence-corrected chi connectivity index (χ2v) is 6.11. The molecule has 2 aromatic rings. The lowest BCUT2D eigenvalue weighted by Crippen LogP contribution is -2.25. The van der Waals surface area contributed by atoms with E-state index in [-0.39, 0.29) is 11.8 Å². The predicted molar refractivity (Wildman–Crippen MR) is 96.8 cm³/mol. The Hall–Kier alpha value is -2.80. The third-order valence-corrected chi connectivity index (χ3v) is 3.98. The molecule has 0 aliphatic rings. The summed E-state index contributed by atoms with van der Waals surface area (Å²) < 4.78 is 2.18. The van der Waals surface area contributed by atoms with Gasteiger partial charge in [-0.15, -0.1) is 0 Å². The standard InChI is InChI=1S/C20H23N3O/c1-14-5-8-19(9-6-14)23-16(3)11-18(17(23)4)7-10-20(24)22-13-15(2)12-21/h5-11,15H,13H2,1-4H3,(H,22,24). The van der Waals surface area contributed by atoms with Gasteiger partial charge in [-0.25, -0.2) is 0 Å². The van der Waals surface area contributed by atoms with E-state index in [2.05, 4.69) is 60.1 Å². The largest absolute Gasteiger partial charge is 0.351 e. The van der Waals surface area contributed by atoms with Crippen molar-refractivity contribution in [3.05, 3.63) is 58.9 Å². The fourth-order valence-corrected chi connectivity index (χ4v) is 2.57. The summed E-state index contributed by atoms with van der Waals surface area (Å²) in [5.74, 6) is -0.369. The van der Waals surface area contributed by atoms with Gasteiger partial charge in [0, 0.05) is 29.7 Å². The first-order valence-corrected chi connectivity index (χ1v) is 8.04. The normalized spacial score (nSPS) is 12.1. The zero-order chi connectivity index (χ0) is 17.7. The van der Waals surface area contributed by atoms with Crippen LogP contribution < -0.4 is 5.32 Å². The highest BCUT2D eigenvalue weighted by Gasteiger charge is 2.09. The topological polar surface area (TPSA) is 57.8 Å². The summed E-state index contributed by atoms with van der Waals surface area (Å²) in [5.41, 5.74) is 5.56. The minimum atomic E-state index is -0.186. The average Bonchev–Trinajstić information content (AvgIpc) is 2.85. The number of carbonyl (C=O) groups is 1. The molecule has 0 bridgehead atoms. The molecule has 0 radical (unpaired) electrons. The van der Waals surface area contributed by atoms with Crippen LogP contribution in [0.1, 0.15) is 29.4 Å². The number of amides is 1. The van der Waals surface area contributed by atoms with E-state index >= 15 is 0 Å². The number of hydrogen-bond donors (Lipinski definition) is 1. The minimum Gasteiger partial charge on any atom is -0.351 e. The van der Waals surface area contributed by atoms with Gasteiger partial charge in [-0.2, -0.15) is 5.26 Å². The molecule has 1 amide bonds. The molecule has 0 fully saturated rings. The first-order valence-electron chi connectivity index (χ1n) is 8.04. The summed E-state index contributed by atoms with van der Waals surface area (Å²) in [4.78, 5) is 11.8. The van der Waals surface area contributed by atoms with Gasteiger partial charge < -0.3 is 9.88 Å². The number of benzene rings is 1. The summed E-state index contributed by atoms with van der Waals surface area (Å²) >= 11 is 0. The van der Waals surface area contributed by atoms with Crippen LogP contribution in [-0.4, -0.2) is 17.0 Å². The fourth-order valence-electron chi connectivity index (χ4n) is 2.57. The van der Waals surface area contributed by atoms with E-state index in [1.165, 1.54) is 11.6 Å². The van der Waals surface area contributed by atoms with Crippen LogP contribution in [0.2, 0.25) is 0 Å². The van der Waals surface area contributed by atoms with E-state index in [1.807, 2.05) is 13.0 Å². The average molecular weight is 321 g/mol. The second-order valence-electron chi connectivity index (χ2n) is 6.11. The molecule has 0 spiro atoms. The van der Waals surface area contributed by atoms with Gasteiger partial charge in [0.1, 0.15) is 0 Å². The number of rotatable bonds is 5. The zero-order valence-electron chi connectivity index (χ0n) is 14.6. The van der Waals surface area contributed by atoms with Crippen molar-refractivity contribution in [3.8, 4) is 11.8 Å². The van der Waals surface area contributed by atoms with Gasteiger partial charge in [0.25, 0.3) is 0 Å². The fraction of sp³-hybridized carbons (Fsp3) is 0.300. The number of nitrogens with zero attached hydrogens (tertiary/aromatic N) is 2. The van der Waals surface area contributed by atoms with Crippen molar-refractivity contribution in [2.75, 3.05) is 6.54 Å². The van der Waals surface area contributed by atoms with Crippen molar-refractivity contribution >= 4 is 12.0 Å². The van der Waals surface area contributed by atoms with E-state index < -0.39 is 0 Å². The van der Waals surface area contributed by atoms with Crippen LogP contribution in [0.5, 0.6) is 0 Å². The molecule has 1 N–H and O–H groups in total. The second kappa shape index (κ2) is 7.65. The van der Waals surface area contributed by atoms with E-state index in [0.29, 0.717) is 6.54 Å². The summed E-state index contributed by atoms with van der Waals surface area (Å²) in [6.07, 6.45) is 3.34. The maximum atomic E-state index is 11.8. The maximum absolute atomic E-state index is 11.8. The van der Waals surface area contributed by atoms with Crippen molar-refractivity contribution in [3.63, 3.8) is 0 Å². The minimum absolute atomic E-state index is 0.183. The molecule has 24 heavy (non-hydrogen) atoms. The van der Waals surface area contributed by atoms with Crippen molar-refractivity contribution in [1.29, 1.82) is 5.26 Å². The van der Waals surface area contributed by atoms with E-state index in [9.17, 15) is 4.79 Å². The summed E-state index contributed by atoms with van der Waals surface area (Å²) in [7, 11) is 0. The Kier molecular flexibility index (Phi) is 5.59.